The molecule has 0 atom stereocenters. The van der Waals surface area contributed by atoms with E-state index in [1.807, 2.05) is 43.4 Å². The summed E-state index contributed by atoms with van der Waals surface area (Å²) in [4.78, 5) is 4.25. The molecule has 1 N–H and O–H groups in total. The van der Waals surface area contributed by atoms with Crippen LogP contribution in [0.3, 0.4) is 0 Å². The van der Waals surface area contributed by atoms with Crippen LogP contribution in [0, 0.1) is 0 Å². The molecule has 0 amide bonds. The molecule has 0 saturated heterocycles. The number of nitrogens with zero attached hydrogens (tertiary/aromatic N) is 1. The van der Waals surface area contributed by atoms with Gasteiger partial charge in [0, 0.05) is 23.3 Å². The number of rotatable bonds is 5. The molecule has 1 aromatic heterocycles. The Hall–Kier alpha value is -1.39. The second-order valence-electron chi connectivity index (χ2n) is 3.93. The van der Waals surface area contributed by atoms with Gasteiger partial charge in [0.15, 0.2) is 0 Å². The van der Waals surface area contributed by atoms with Crippen molar-refractivity contribution >= 4 is 15.9 Å². The van der Waals surface area contributed by atoms with E-state index in [2.05, 4.69) is 26.2 Å². The average Bonchev–Trinajstić information content (AvgIpc) is 2.39. The minimum atomic E-state index is 0.566. The third kappa shape index (κ3) is 3.82. The van der Waals surface area contributed by atoms with Crippen LogP contribution in [0.4, 0.5) is 0 Å². The summed E-state index contributed by atoms with van der Waals surface area (Å²) in [7, 11) is 1.90. The molecule has 0 radical (unpaired) electrons. The molecule has 18 heavy (non-hydrogen) atoms. The van der Waals surface area contributed by atoms with Crippen LogP contribution in [0.1, 0.15) is 11.3 Å². The molecule has 2 rings (SSSR count). The second kappa shape index (κ2) is 6.52. The number of benzene rings is 1. The van der Waals surface area contributed by atoms with Gasteiger partial charge in [-0.2, -0.15) is 0 Å². The molecule has 0 spiro atoms. The monoisotopic (exact) mass is 306 g/mol. The summed E-state index contributed by atoms with van der Waals surface area (Å²) < 4.78 is 6.81. The van der Waals surface area contributed by atoms with E-state index < -0.39 is 0 Å². The third-order valence-corrected chi connectivity index (χ3v) is 2.99. The first kappa shape index (κ1) is 13.1. The van der Waals surface area contributed by atoms with Crippen molar-refractivity contribution in [3.8, 4) is 5.75 Å². The fourth-order valence-corrected chi connectivity index (χ4v) is 1.84. The summed E-state index contributed by atoms with van der Waals surface area (Å²) in [6.07, 6.45) is 1.77. The molecule has 94 valence electrons. The normalized spacial score (nSPS) is 10.3. The van der Waals surface area contributed by atoms with Crippen LogP contribution < -0.4 is 10.1 Å². The molecule has 1 heterocycles. The summed E-state index contributed by atoms with van der Waals surface area (Å²) in [5, 5.41) is 3.07. The summed E-state index contributed by atoms with van der Waals surface area (Å²) in [6, 6.07) is 11.9. The Labute approximate surface area is 115 Å². The first-order chi connectivity index (χ1) is 8.78. The molecular formula is C14H15BrN2O. The van der Waals surface area contributed by atoms with Crippen molar-refractivity contribution in [1.82, 2.24) is 10.3 Å². The zero-order valence-corrected chi connectivity index (χ0v) is 11.8. The highest BCUT2D eigenvalue weighted by molar-refractivity contribution is 9.10. The van der Waals surface area contributed by atoms with Crippen molar-refractivity contribution in [3.05, 3.63) is 58.3 Å². The van der Waals surface area contributed by atoms with Gasteiger partial charge < -0.3 is 10.1 Å². The predicted molar refractivity (Wildman–Crippen MR) is 75.5 cm³/mol. The number of nitrogens with one attached hydrogen (secondary N) is 1. The highest BCUT2D eigenvalue weighted by Crippen LogP contribution is 2.15. The summed E-state index contributed by atoms with van der Waals surface area (Å²) in [5.74, 6) is 0.846. The van der Waals surface area contributed by atoms with Gasteiger partial charge >= 0.3 is 0 Å². The maximum Gasteiger partial charge on any atom is 0.123 e. The Balaban J connectivity index is 1.97. The highest BCUT2D eigenvalue weighted by Gasteiger charge is 1.99. The summed E-state index contributed by atoms with van der Waals surface area (Å²) >= 11 is 3.41. The molecule has 4 heteroatoms. The average molecular weight is 307 g/mol. The zero-order chi connectivity index (χ0) is 12.8. The van der Waals surface area contributed by atoms with Gasteiger partial charge in [-0.25, -0.2) is 0 Å². The van der Waals surface area contributed by atoms with Crippen molar-refractivity contribution in [2.24, 2.45) is 0 Å². The molecule has 0 aliphatic rings. The molecule has 0 fully saturated rings. The van der Waals surface area contributed by atoms with Crippen LogP contribution in [-0.4, -0.2) is 12.0 Å². The number of hydrogen-bond donors (Lipinski definition) is 1. The topological polar surface area (TPSA) is 34.1 Å². The molecule has 0 unspecified atom stereocenters. The molecule has 2 aromatic rings. The molecule has 0 aliphatic heterocycles. The smallest absolute Gasteiger partial charge is 0.123 e. The van der Waals surface area contributed by atoms with E-state index in [0.717, 1.165) is 28.0 Å². The lowest BCUT2D eigenvalue weighted by atomic mass is 10.2. The van der Waals surface area contributed by atoms with Crippen LogP contribution in [0.15, 0.2) is 47.1 Å². The van der Waals surface area contributed by atoms with Gasteiger partial charge in [0.1, 0.15) is 12.4 Å². The van der Waals surface area contributed by atoms with Gasteiger partial charge in [0.25, 0.3) is 0 Å². The van der Waals surface area contributed by atoms with E-state index >= 15 is 0 Å². The first-order valence-corrected chi connectivity index (χ1v) is 6.54. The number of ether oxygens (including phenoxy) is 1. The quantitative estimate of drug-likeness (QED) is 0.921. The van der Waals surface area contributed by atoms with E-state index in [4.69, 9.17) is 4.74 Å². The maximum absolute atomic E-state index is 5.74. The van der Waals surface area contributed by atoms with Crippen LogP contribution in [0.2, 0.25) is 0 Å². The van der Waals surface area contributed by atoms with Crippen molar-refractivity contribution in [2.45, 2.75) is 13.2 Å². The lowest BCUT2D eigenvalue weighted by molar-refractivity contribution is 0.305. The lowest BCUT2D eigenvalue weighted by Crippen LogP contribution is -2.07. The van der Waals surface area contributed by atoms with Crippen LogP contribution >= 0.6 is 15.9 Å². The maximum atomic E-state index is 5.74. The molecule has 1 aromatic carbocycles. The van der Waals surface area contributed by atoms with E-state index in [1.54, 1.807) is 6.20 Å². The lowest BCUT2D eigenvalue weighted by Gasteiger charge is -2.07. The van der Waals surface area contributed by atoms with Crippen LogP contribution in [0.5, 0.6) is 5.75 Å². The van der Waals surface area contributed by atoms with E-state index in [1.165, 1.54) is 0 Å². The Bertz CT molecular complexity index is 499. The number of hydrogen-bond acceptors (Lipinski definition) is 3. The fourth-order valence-electron chi connectivity index (χ4n) is 1.57. The van der Waals surface area contributed by atoms with Gasteiger partial charge in [0.2, 0.25) is 0 Å². The van der Waals surface area contributed by atoms with Crippen molar-refractivity contribution < 1.29 is 4.74 Å². The minimum absolute atomic E-state index is 0.566. The molecule has 0 saturated carbocycles. The highest BCUT2D eigenvalue weighted by atomic mass is 79.9. The van der Waals surface area contributed by atoms with E-state index in [9.17, 15) is 0 Å². The fraction of sp³-hybridized carbons (Fsp3) is 0.214. The number of aromatic nitrogens is 1. The summed E-state index contributed by atoms with van der Waals surface area (Å²) in [6.45, 7) is 1.31. The van der Waals surface area contributed by atoms with E-state index in [-0.39, 0.29) is 0 Å². The van der Waals surface area contributed by atoms with Gasteiger partial charge in [-0.3, -0.25) is 4.98 Å². The van der Waals surface area contributed by atoms with Gasteiger partial charge in [-0.05, 0) is 30.8 Å². The zero-order valence-electron chi connectivity index (χ0n) is 10.2. The van der Waals surface area contributed by atoms with E-state index in [0.29, 0.717) is 6.61 Å². The SMILES string of the molecule is CNCc1cc(OCc2ccc(Br)cc2)ccn1. The standard InChI is InChI=1S/C14H15BrN2O/c1-16-9-13-8-14(6-7-17-13)18-10-11-2-4-12(15)5-3-11/h2-8,16H,9-10H2,1H3. The number of halogens is 1. The molecule has 0 aliphatic carbocycles. The van der Waals surface area contributed by atoms with Crippen molar-refractivity contribution in [3.63, 3.8) is 0 Å². The molecule has 0 bridgehead atoms. The Morgan fingerprint density at radius 2 is 2.00 bits per heavy atom. The molecule has 3 nitrogen and oxygen atoms in total. The van der Waals surface area contributed by atoms with Gasteiger partial charge in [0.05, 0.1) is 5.69 Å². The number of pyridine rings is 1. The first-order valence-electron chi connectivity index (χ1n) is 5.74. The van der Waals surface area contributed by atoms with Crippen molar-refractivity contribution in [1.29, 1.82) is 0 Å². The Morgan fingerprint density at radius 1 is 1.22 bits per heavy atom. The van der Waals surface area contributed by atoms with Gasteiger partial charge in [-0.15, -0.1) is 0 Å². The molecular weight excluding hydrogens is 292 g/mol. The third-order valence-electron chi connectivity index (χ3n) is 2.46. The predicted octanol–water partition coefficient (Wildman–Crippen LogP) is 3.14. The van der Waals surface area contributed by atoms with Gasteiger partial charge in [-0.1, -0.05) is 28.1 Å². The second-order valence-corrected chi connectivity index (χ2v) is 4.84. The van der Waals surface area contributed by atoms with Crippen LogP contribution in [-0.2, 0) is 13.2 Å². The Kier molecular flexibility index (Phi) is 4.73. The Morgan fingerprint density at radius 3 is 2.72 bits per heavy atom. The minimum Gasteiger partial charge on any atom is -0.489 e. The largest absolute Gasteiger partial charge is 0.489 e. The van der Waals surface area contributed by atoms with Crippen LogP contribution in [0.25, 0.3) is 0 Å². The summed E-state index contributed by atoms with van der Waals surface area (Å²) in [5.41, 5.74) is 2.12. The van der Waals surface area contributed by atoms with Crippen molar-refractivity contribution in [2.75, 3.05) is 7.05 Å².